The van der Waals surface area contributed by atoms with Crippen molar-refractivity contribution in [2.45, 2.75) is 52.4 Å². The lowest BCUT2D eigenvalue weighted by atomic mass is 9.83. The number of pyridine rings is 1. The van der Waals surface area contributed by atoms with Crippen LogP contribution in [0.25, 0.3) is 111 Å². The van der Waals surface area contributed by atoms with E-state index in [4.69, 9.17) is 12.5 Å². The predicted molar refractivity (Wildman–Crippen MR) is 304 cm³/mol. The first-order valence-corrected chi connectivity index (χ1v) is 25.0. The van der Waals surface area contributed by atoms with Gasteiger partial charge in [-0.1, -0.05) is 169 Å². The second-order valence-electron chi connectivity index (χ2n) is 21.2. The zero-order valence-corrected chi connectivity index (χ0v) is 41.7. The summed E-state index contributed by atoms with van der Waals surface area (Å²) in [6.45, 7) is 12.9. The van der Waals surface area contributed by atoms with Crippen LogP contribution in [-0.2, 0) is 10.8 Å². The molecular weight excluding hydrogens is 903 g/mol. The highest BCUT2D eigenvalue weighted by Crippen LogP contribution is 2.47. The molecule has 0 aliphatic carbocycles. The third kappa shape index (κ3) is 6.78. The van der Waals surface area contributed by atoms with Gasteiger partial charge in [-0.15, -0.1) is 0 Å². The Labute approximate surface area is 441 Å². The summed E-state index contributed by atoms with van der Waals surface area (Å²) in [5, 5.41) is 4.16. The van der Waals surface area contributed by atoms with Crippen molar-refractivity contribution in [2.75, 3.05) is 0 Å². The van der Waals surface area contributed by atoms with Crippen molar-refractivity contribution in [3.05, 3.63) is 230 Å². The van der Waals surface area contributed by atoms with Crippen LogP contribution in [0, 0.1) is 6.33 Å². The van der Waals surface area contributed by atoms with Gasteiger partial charge >= 0.3 is 0 Å². The monoisotopic (exact) mass is 963 g/mol. The molecule has 0 spiro atoms. The van der Waals surface area contributed by atoms with Crippen molar-refractivity contribution in [3.8, 4) is 67.8 Å². The Morgan fingerprint density at radius 3 is 1.69 bits per heavy atom. The molecule has 0 unspecified atom stereocenters. The predicted octanol–water partition coefficient (Wildman–Crippen LogP) is 17.0. The first-order chi connectivity index (χ1) is 39.3. The zero-order valence-electron chi connectivity index (χ0n) is 49.7. The van der Waals surface area contributed by atoms with Gasteiger partial charge in [0, 0.05) is 33.8 Å². The van der Waals surface area contributed by atoms with Crippen molar-refractivity contribution >= 4 is 54.6 Å². The second kappa shape index (κ2) is 16.3. The minimum absolute atomic E-state index is 0.0281. The lowest BCUT2D eigenvalue weighted by molar-refractivity contribution is -0.571. The Kier molecular flexibility index (Phi) is 7.91. The smallest absolute Gasteiger partial charge is 0.269 e. The summed E-state index contributed by atoms with van der Waals surface area (Å²) >= 11 is 0. The van der Waals surface area contributed by atoms with Gasteiger partial charge in [0.25, 0.3) is 6.33 Å². The summed E-state index contributed by atoms with van der Waals surface area (Å²) < 4.78 is 91.2. The van der Waals surface area contributed by atoms with E-state index in [1.807, 2.05) is 106 Å². The van der Waals surface area contributed by atoms with E-state index in [9.17, 15) is 8.22 Å². The van der Waals surface area contributed by atoms with E-state index in [0.717, 1.165) is 55.0 Å². The number of nitrogens with zero attached hydrogens (tertiary/aromatic N) is 5. The van der Waals surface area contributed by atoms with Crippen LogP contribution >= 0.6 is 0 Å². The normalized spacial score (nSPS) is 14.0. The fourth-order valence-corrected chi connectivity index (χ4v) is 11.0. The van der Waals surface area contributed by atoms with E-state index in [2.05, 4.69) is 124 Å². The Balaban J connectivity index is 1.07. The summed E-state index contributed by atoms with van der Waals surface area (Å²) in [5.41, 5.74) is 9.13. The van der Waals surface area contributed by atoms with Gasteiger partial charge in [-0.3, -0.25) is 13.7 Å². The van der Waals surface area contributed by atoms with Crippen molar-refractivity contribution < 1.29 is 20.3 Å². The Hall–Kier alpha value is -9.00. The molecule has 4 aromatic heterocycles. The molecule has 1 aliphatic rings. The van der Waals surface area contributed by atoms with Crippen LogP contribution < -0.4 is 9.30 Å². The molecule has 0 saturated heterocycles. The van der Waals surface area contributed by atoms with E-state index < -0.39 is 41.7 Å². The highest BCUT2D eigenvalue weighted by atomic mass is 16.5. The van der Waals surface area contributed by atoms with Crippen molar-refractivity contribution in [2.24, 2.45) is 0 Å². The first-order valence-electron chi connectivity index (χ1n) is 29.0. The molecule has 0 atom stereocenters. The summed E-state index contributed by atoms with van der Waals surface area (Å²) in [5.74, 6) is 1.95. The lowest BCUT2D eigenvalue weighted by Crippen LogP contribution is -2.33. The molecular formula is C68H53N5O. The Bertz CT molecular complexity index is 4870. The summed E-state index contributed by atoms with van der Waals surface area (Å²) in [6, 6.07) is 49.0. The van der Waals surface area contributed by atoms with Gasteiger partial charge in [0.05, 0.1) is 61.1 Å². The molecule has 9 aromatic carbocycles. The van der Waals surface area contributed by atoms with Crippen LogP contribution in [0.3, 0.4) is 0 Å². The van der Waals surface area contributed by atoms with E-state index in [0.29, 0.717) is 50.7 Å². The van der Waals surface area contributed by atoms with Gasteiger partial charge in [0.15, 0.2) is 0 Å². The number of aromatic nitrogens is 5. The maximum absolute atomic E-state index is 9.89. The number of hydrogen-bond acceptors (Lipinski definition) is 2. The maximum Gasteiger partial charge on any atom is 0.269 e. The van der Waals surface area contributed by atoms with Gasteiger partial charge in [-0.05, 0) is 128 Å². The van der Waals surface area contributed by atoms with E-state index in [1.54, 1.807) is 0 Å². The molecule has 0 fully saturated rings. The Morgan fingerprint density at radius 2 is 1.04 bits per heavy atom. The second-order valence-corrected chi connectivity index (χ2v) is 21.2. The molecule has 74 heavy (non-hydrogen) atoms. The van der Waals surface area contributed by atoms with Crippen LogP contribution in [0.4, 0.5) is 0 Å². The third-order valence-electron chi connectivity index (χ3n) is 14.6. The molecule has 13 aromatic rings. The lowest BCUT2D eigenvalue weighted by Gasteiger charge is -2.23. The maximum atomic E-state index is 9.89. The zero-order chi connectivity index (χ0) is 57.0. The molecule has 6 nitrogen and oxygen atoms in total. The average molecular weight is 964 g/mol. The molecule has 14 rings (SSSR count). The Morgan fingerprint density at radius 1 is 0.473 bits per heavy atom. The highest BCUT2D eigenvalue weighted by molar-refractivity contribution is 6.11. The van der Waals surface area contributed by atoms with Gasteiger partial charge in [-0.2, -0.15) is 0 Å². The minimum Gasteiger partial charge on any atom is -0.458 e. The van der Waals surface area contributed by atoms with Crippen LogP contribution in [0.15, 0.2) is 212 Å². The first kappa shape index (κ1) is 36.0. The number of fused-ring (bicyclic) bond motifs is 13. The number of benzene rings is 9. The molecule has 0 radical (unpaired) electrons. The summed E-state index contributed by atoms with van der Waals surface area (Å²) in [4.78, 5) is 4.90. The fourth-order valence-electron chi connectivity index (χ4n) is 11.0. The number of para-hydroxylation sites is 4. The molecule has 1 aliphatic heterocycles. The van der Waals surface area contributed by atoms with Crippen LogP contribution in [0.2, 0.25) is 0 Å². The standard InChI is InChI=1S/C68H53N5O/c1-67(2,3)43-35-36-69-64(39-43)73-60-31-16-13-27-54(60)55-34-33-47(41-62(55)73)74-46-20-17-19-45(40-46)70-42-71-65-56(28-18-32-61(65)72-58-29-14-11-25-52(58)53-26-12-15-30-59(53)72)50-23-9-7-21-48(50)49-22-8-10-24-51(49)57-37-44(68(4,5)6)38-63(70)66(57)71/h7-41H,1-6H3/i7D,8D,9D,10D,21D,22D,23D,24D. The minimum atomic E-state index is -0.523. The van der Waals surface area contributed by atoms with E-state index >= 15 is 0 Å². The number of ether oxygens (including phenoxy) is 1. The molecule has 0 bridgehead atoms. The fraction of sp³-hybridized carbons (Fsp3) is 0.118. The van der Waals surface area contributed by atoms with Crippen LogP contribution in [0.1, 0.15) is 63.6 Å². The molecule has 6 heteroatoms. The van der Waals surface area contributed by atoms with Crippen LogP contribution in [-0.4, -0.2) is 18.7 Å². The summed E-state index contributed by atoms with van der Waals surface area (Å²) in [6.07, 6.45) is 5.67. The quantitative estimate of drug-likeness (QED) is 0.127. The number of rotatable bonds is 5. The largest absolute Gasteiger partial charge is 0.458 e. The average Bonchev–Trinajstić information content (AvgIpc) is 2.28. The number of hydrogen-bond donors (Lipinski definition) is 0. The molecule has 5 heterocycles. The van der Waals surface area contributed by atoms with Gasteiger partial charge in [0.2, 0.25) is 0 Å². The molecule has 0 saturated carbocycles. The molecule has 356 valence electrons. The van der Waals surface area contributed by atoms with Crippen molar-refractivity contribution in [3.63, 3.8) is 0 Å². The van der Waals surface area contributed by atoms with E-state index in [-0.39, 0.29) is 39.8 Å². The van der Waals surface area contributed by atoms with Gasteiger partial charge < -0.3 is 9.30 Å². The summed E-state index contributed by atoms with van der Waals surface area (Å²) in [7, 11) is 0. The van der Waals surface area contributed by atoms with E-state index in [1.165, 1.54) is 5.56 Å². The number of imidazole rings is 1. The topological polar surface area (TPSA) is 40.8 Å². The van der Waals surface area contributed by atoms with Crippen molar-refractivity contribution in [1.29, 1.82) is 0 Å². The third-order valence-corrected chi connectivity index (χ3v) is 14.6. The molecule has 0 N–H and O–H groups in total. The van der Waals surface area contributed by atoms with Gasteiger partial charge in [-0.25, -0.2) is 4.98 Å². The molecule has 0 amide bonds. The van der Waals surface area contributed by atoms with Crippen LogP contribution in [0.5, 0.6) is 11.5 Å². The SMILES string of the molecule is [2H]c1c([2H])c([2H])c2c(c1[2H])-c1cccc(-n3c4ccccc4c4ccccc43)c1-[n+]1[c-]n(-c3cccc(Oc4ccc5c6ccccc6n(-c6cc(C(C)(C)C)ccn6)c5c4)c3)c3cc(C(C)(C)C)cc(c31)-c1c([2H])c([2H])c([2H])c([2H])c1-2. The van der Waals surface area contributed by atoms with Crippen molar-refractivity contribution in [1.82, 2.24) is 18.7 Å². The van der Waals surface area contributed by atoms with Gasteiger partial charge in [0.1, 0.15) is 17.3 Å². The highest BCUT2D eigenvalue weighted by Gasteiger charge is 2.30.